The molecule has 1 fully saturated rings. The predicted molar refractivity (Wildman–Crippen MR) is 87.1 cm³/mol. The third-order valence-electron chi connectivity index (χ3n) is 3.65. The second-order valence-corrected chi connectivity index (χ2v) is 7.48. The normalized spacial score (nSPS) is 19.0. The Kier molecular flexibility index (Phi) is 3.68. The average Bonchev–Trinajstić information content (AvgIpc) is 3.00. The number of carbonyl (C=O) groups excluding carboxylic acids is 2. The SMILES string of the molecule is CC(C)(C)OC(=O)N1CC(c2scc3ccccc23)CC1=O. The first kappa shape index (κ1) is 15.0. The van der Waals surface area contributed by atoms with Gasteiger partial charge >= 0.3 is 6.09 Å². The minimum Gasteiger partial charge on any atom is -0.443 e. The molecule has 1 aromatic carbocycles. The van der Waals surface area contributed by atoms with Crippen molar-refractivity contribution in [2.75, 3.05) is 6.54 Å². The van der Waals surface area contributed by atoms with Gasteiger partial charge in [-0.05, 0) is 36.9 Å². The zero-order chi connectivity index (χ0) is 15.9. The van der Waals surface area contributed by atoms with Gasteiger partial charge in [0, 0.05) is 23.8 Å². The van der Waals surface area contributed by atoms with Gasteiger partial charge in [0.15, 0.2) is 0 Å². The van der Waals surface area contributed by atoms with E-state index < -0.39 is 11.7 Å². The summed E-state index contributed by atoms with van der Waals surface area (Å²) in [6.07, 6.45) is -0.176. The Morgan fingerprint density at radius 2 is 2.05 bits per heavy atom. The molecule has 2 amide bonds. The zero-order valence-electron chi connectivity index (χ0n) is 13.0. The van der Waals surface area contributed by atoms with Crippen molar-refractivity contribution in [1.82, 2.24) is 4.90 Å². The summed E-state index contributed by atoms with van der Waals surface area (Å²) in [5, 5.41) is 4.47. The van der Waals surface area contributed by atoms with Gasteiger partial charge in [0.05, 0.1) is 0 Å². The minimum atomic E-state index is -0.592. The predicted octanol–water partition coefficient (Wildman–Crippen LogP) is 4.15. The first-order valence-electron chi connectivity index (χ1n) is 7.34. The molecule has 2 heterocycles. The van der Waals surface area contributed by atoms with Crippen molar-refractivity contribution in [3.8, 4) is 0 Å². The summed E-state index contributed by atoms with van der Waals surface area (Å²) in [5.74, 6) is -0.0957. The molecule has 0 radical (unpaired) electrons. The summed E-state index contributed by atoms with van der Waals surface area (Å²) in [7, 11) is 0. The van der Waals surface area contributed by atoms with Crippen LogP contribution in [-0.2, 0) is 9.53 Å². The van der Waals surface area contributed by atoms with E-state index >= 15 is 0 Å². The van der Waals surface area contributed by atoms with Crippen molar-refractivity contribution in [1.29, 1.82) is 0 Å². The molecule has 1 aliphatic heterocycles. The van der Waals surface area contributed by atoms with Gasteiger partial charge in [0.2, 0.25) is 5.91 Å². The summed E-state index contributed by atoms with van der Waals surface area (Å²) in [5.41, 5.74) is -0.592. The number of amides is 2. The van der Waals surface area contributed by atoms with E-state index in [1.165, 1.54) is 20.5 Å². The number of carbonyl (C=O) groups is 2. The Morgan fingerprint density at radius 1 is 1.32 bits per heavy atom. The lowest BCUT2D eigenvalue weighted by Crippen LogP contribution is -2.37. The maximum absolute atomic E-state index is 12.2. The van der Waals surface area contributed by atoms with Gasteiger partial charge in [-0.3, -0.25) is 4.79 Å². The fraction of sp³-hybridized carbons (Fsp3) is 0.412. The molecule has 0 spiro atoms. The largest absolute Gasteiger partial charge is 0.443 e. The van der Waals surface area contributed by atoms with Crippen LogP contribution in [0.5, 0.6) is 0 Å². The van der Waals surface area contributed by atoms with Gasteiger partial charge in [-0.15, -0.1) is 11.3 Å². The summed E-state index contributed by atoms with van der Waals surface area (Å²) in [6, 6.07) is 8.14. The first-order chi connectivity index (χ1) is 10.3. The number of imide groups is 1. The van der Waals surface area contributed by atoms with Crippen LogP contribution in [-0.4, -0.2) is 29.0 Å². The van der Waals surface area contributed by atoms with Crippen LogP contribution in [0.4, 0.5) is 4.79 Å². The van der Waals surface area contributed by atoms with Gasteiger partial charge in [0.1, 0.15) is 5.60 Å². The van der Waals surface area contributed by atoms with Crippen molar-refractivity contribution >= 4 is 34.1 Å². The Labute approximate surface area is 133 Å². The molecule has 2 aromatic rings. The third kappa shape index (κ3) is 2.86. The zero-order valence-corrected chi connectivity index (χ0v) is 13.8. The first-order valence-corrected chi connectivity index (χ1v) is 8.22. The molecule has 0 saturated carbocycles. The average molecular weight is 317 g/mol. The van der Waals surface area contributed by atoms with E-state index in [0.717, 1.165) is 0 Å². The van der Waals surface area contributed by atoms with Crippen LogP contribution in [0.15, 0.2) is 29.6 Å². The molecule has 4 nitrogen and oxygen atoms in total. The van der Waals surface area contributed by atoms with Crippen molar-refractivity contribution in [2.24, 2.45) is 0 Å². The number of nitrogens with zero attached hydrogens (tertiary/aromatic N) is 1. The Balaban J connectivity index is 1.81. The standard InChI is InChI=1S/C17H19NO3S/c1-17(2,3)21-16(20)18-9-12(8-14(18)19)15-13-7-5-4-6-11(13)10-22-15/h4-7,10,12H,8-9H2,1-3H3. The number of likely N-dealkylation sites (tertiary alicyclic amines) is 1. The van der Waals surface area contributed by atoms with Gasteiger partial charge in [0.25, 0.3) is 0 Å². The van der Waals surface area contributed by atoms with Crippen LogP contribution >= 0.6 is 11.3 Å². The number of hydrogen-bond donors (Lipinski definition) is 0. The Morgan fingerprint density at radius 3 is 2.77 bits per heavy atom. The number of ether oxygens (including phenoxy) is 1. The van der Waals surface area contributed by atoms with E-state index in [1.54, 1.807) is 32.1 Å². The molecule has 116 valence electrons. The topological polar surface area (TPSA) is 46.6 Å². The fourth-order valence-corrected chi connectivity index (χ4v) is 3.83. The minimum absolute atomic E-state index is 0.0601. The highest BCUT2D eigenvalue weighted by Gasteiger charge is 2.38. The molecule has 0 aliphatic carbocycles. The smallest absolute Gasteiger partial charge is 0.417 e. The molecule has 1 aromatic heterocycles. The van der Waals surface area contributed by atoms with Crippen molar-refractivity contribution in [3.05, 3.63) is 34.5 Å². The number of rotatable bonds is 1. The van der Waals surface area contributed by atoms with Gasteiger partial charge in [-0.1, -0.05) is 24.3 Å². The highest BCUT2D eigenvalue weighted by atomic mass is 32.1. The highest BCUT2D eigenvalue weighted by Crippen LogP contribution is 2.37. The van der Waals surface area contributed by atoms with E-state index in [0.29, 0.717) is 13.0 Å². The molecule has 1 aliphatic rings. The van der Waals surface area contributed by atoms with Crippen molar-refractivity contribution < 1.29 is 14.3 Å². The van der Waals surface area contributed by atoms with Crippen molar-refractivity contribution in [2.45, 2.75) is 38.7 Å². The lowest BCUT2D eigenvalue weighted by Gasteiger charge is -2.23. The number of benzene rings is 1. The van der Waals surface area contributed by atoms with Crippen LogP contribution in [0.2, 0.25) is 0 Å². The van der Waals surface area contributed by atoms with Crippen LogP contribution in [0.3, 0.4) is 0 Å². The van der Waals surface area contributed by atoms with Crippen LogP contribution < -0.4 is 0 Å². The number of thiophene rings is 1. The highest BCUT2D eigenvalue weighted by molar-refractivity contribution is 7.11. The molecule has 1 atom stereocenters. The lowest BCUT2D eigenvalue weighted by molar-refractivity contribution is -0.126. The molecule has 5 heteroatoms. The maximum Gasteiger partial charge on any atom is 0.417 e. The van der Waals surface area contributed by atoms with E-state index in [4.69, 9.17) is 4.74 Å². The van der Waals surface area contributed by atoms with E-state index in [1.807, 2.05) is 12.1 Å². The molecule has 1 unspecified atom stereocenters. The molecule has 0 bridgehead atoms. The molecule has 1 saturated heterocycles. The summed E-state index contributed by atoms with van der Waals surface area (Å²) in [6.45, 7) is 5.80. The molecular formula is C17H19NO3S. The second kappa shape index (κ2) is 5.39. The Hall–Kier alpha value is -1.88. The van der Waals surface area contributed by atoms with Crippen LogP contribution in [0.25, 0.3) is 10.8 Å². The maximum atomic E-state index is 12.2. The number of hydrogen-bond acceptors (Lipinski definition) is 4. The Bertz CT molecular complexity index is 729. The van der Waals surface area contributed by atoms with Gasteiger partial charge < -0.3 is 4.74 Å². The van der Waals surface area contributed by atoms with Crippen LogP contribution in [0, 0.1) is 0 Å². The molecular weight excluding hydrogens is 298 g/mol. The fourth-order valence-electron chi connectivity index (χ4n) is 2.71. The van der Waals surface area contributed by atoms with E-state index in [2.05, 4.69) is 17.5 Å². The summed E-state index contributed by atoms with van der Waals surface area (Å²) in [4.78, 5) is 26.7. The molecule has 3 rings (SSSR count). The lowest BCUT2D eigenvalue weighted by atomic mass is 10.0. The third-order valence-corrected chi connectivity index (χ3v) is 4.83. The van der Waals surface area contributed by atoms with E-state index in [9.17, 15) is 9.59 Å². The quantitative estimate of drug-likeness (QED) is 0.793. The van der Waals surface area contributed by atoms with E-state index in [-0.39, 0.29) is 11.8 Å². The molecule has 22 heavy (non-hydrogen) atoms. The van der Waals surface area contributed by atoms with Gasteiger partial charge in [-0.2, -0.15) is 0 Å². The molecule has 0 N–H and O–H groups in total. The number of fused-ring (bicyclic) bond motifs is 1. The summed E-state index contributed by atoms with van der Waals surface area (Å²) >= 11 is 1.66. The summed E-state index contributed by atoms with van der Waals surface area (Å²) < 4.78 is 5.31. The van der Waals surface area contributed by atoms with Crippen molar-refractivity contribution in [3.63, 3.8) is 0 Å². The monoisotopic (exact) mass is 317 g/mol. The second-order valence-electron chi connectivity index (χ2n) is 6.57. The van der Waals surface area contributed by atoms with Gasteiger partial charge in [-0.25, -0.2) is 9.69 Å². The van der Waals surface area contributed by atoms with Crippen LogP contribution in [0.1, 0.15) is 38.0 Å².